The van der Waals surface area contributed by atoms with E-state index in [2.05, 4.69) is 26.0 Å². The van der Waals surface area contributed by atoms with E-state index in [1.54, 1.807) is 12.2 Å². The number of thiophene rings is 2. The van der Waals surface area contributed by atoms with Crippen LogP contribution in [0.5, 0.6) is 34.5 Å². The van der Waals surface area contributed by atoms with E-state index in [1.807, 2.05) is 22.9 Å². The molecule has 4 heterocycles. The van der Waals surface area contributed by atoms with Crippen LogP contribution in [0.1, 0.15) is 60.4 Å². The van der Waals surface area contributed by atoms with E-state index in [4.69, 9.17) is 28.4 Å². The summed E-state index contributed by atoms with van der Waals surface area (Å²) in [7, 11) is 0. The van der Waals surface area contributed by atoms with Crippen LogP contribution in [0.3, 0.4) is 0 Å². The molecular formula is C32H32N2O6S2. The molecule has 1 aromatic carbocycles. The van der Waals surface area contributed by atoms with Gasteiger partial charge in [0.15, 0.2) is 23.0 Å². The highest BCUT2D eigenvalue weighted by molar-refractivity contribution is 7.12. The van der Waals surface area contributed by atoms with Gasteiger partial charge in [-0.1, -0.05) is 26.7 Å². The molecule has 0 radical (unpaired) electrons. The van der Waals surface area contributed by atoms with Gasteiger partial charge in [-0.25, -0.2) is 0 Å². The third kappa shape index (κ3) is 6.51. The molecule has 0 atom stereocenters. The molecule has 8 nitrogen and oxygen atoms in total. The number of nitriles is 2. The van der Waals surface area contributed by atoms with Gasteiger partial charge in [0.05, 0.1) is 46.3 Å². The molecular weight excluding hydrogens is 572 g/mol. The second-order valence-corrected chi connectivity index (χ2v) is 11.4. The molecule has 0 unspecified atom stereocenters. The number of hydrogen-bond donors (Lipinski definition) is 0. The van der Waals surface area contributed by atoms with Crippen LogP contribution in [0.4, 0.5) is 0 Å². The van der Waals surface area contributed by atoms with Gasteiger partial charge in [0, 0.05) is 21.9 Å². The first-order chi connectivity index (χ1) is 20.7. The molecule has 0 fully saturated rings. The average Bonchev–Trinajstić information content (AvgIpc) is 3.63. The highest BCUT2D eigenvalue weighted by Crippen LogP contribution is 2.45. The molecule has 42 heavy (non-hydrogen) atoms. The first kappa shape index (κ1) is 29.4. The third-order valence-corrected chi connectivity index (χ3v) is 8.40. The van der Waals surface area contributed by atoms with Crippen molar-refractivity contribution in [3.63, 3.8) is 0 Å². The Balaban J connectivity index is 1.62. The summed E-state index contributed by atoms with van der Waals surface area (Å²) in [6.07, 6.45) is 7.19. The van der Waals surface area contributed by atoms with Crippen LogP contribution in [-0.4, -0.2) is 39.6 Å². The largest absolute Gasteiger partial charge is 0.493 e. The van der Waals surface area contributed by atoms with Crippen LogP contribution >= 0.6 is 22.7 Å². The minimum absolute atomic E-state index is 0.396. The van der Waals surface area contributed by atoms with Crippen LogP contribution in [-0.2, 0) is 0 Å². The molecule has 0 amide bonds. The highest BCUT2D eigenvalue weighted by Gasteiger charge is 2.23. The molecule has 0 saturated carbocycles. The van der Waals surface area contributed by atoms with Crippen molar-refractivity contribution in [1.82, 2.24) is 0 Å². The molecule has 2 aliphatic rings. The van der Waals surface area contributed by atoms with Crippen molar-refractivity contribution >= 4 is 46.0 Å². The van der Waals surface area contributed by atoms with Gasteiger partial charge in [0.25, 0.3) is 0 Å². The predicted octanol–water partition coefficient (Wildman–Crippen LogP) is 7.84. The van der Waals surface area contributed by atoms with Crippen molar-refractivity contribution in [3.05, 3.63) is 43.8 Å². The van der Waals surface area contributed by atoms with Crippen LogP contribution in [0, 0.1) is 22.7 Å². The second-order valence-electron chi connectivity index (χ2n) is 9.57. The molecule has 0 aliphatic carbocycles. The molecule has 2 aromatic heterocycles. The number of benzene rings is 1. The molecule has 10 heteroatoms. The van der Waals surface area contributed by atoms with Gasteiger partial charge in [-0.2, -0.15) is 10.5 Å². The molecule has 0 bridgehead atoms. The number of allylic oxidation sites excluding steroid dienone is 2. The quantitative estimate of drug-likeness (QED) is 0.152. The van der Waals surface area contributed by atoms with E-state index in [9.17, 15) is 10.5 Å². The van der Waals surface area contributed by atoms with Crippen molar-refractivity contribution in [3.8, 4) is 46.6 Å². The predicted molar refractivity (Wildman–Crippen MR) is 165 cm³/mol. The fourth-order valence-corrected chi connectivity index (χ4v) is 6.16. The Labute approximate surface area is 253 Å². The Morgan fingerprint density at radius 2 is 1.17 bits per heavy atom. The summed E-state index contributed by atoms with van der Waals surface area (Å²) >= 11 is 2.91. The maximum absolute atomic E-state index is 10.3. The fourth-order valence-electron chi connectivity index (χ4n) is 4.44. The Bertz CT molecular complexity index is 1440. The lowest BCUT2D eigenvalue weighted by Gasteiger charge is -2.18. The first-order valence-electron chi connectivity index (χ1n) is 14.1. The van der Waals surface area contributed by atoms with Crippen LogP contribution in [0.2, 0.25) is 0 Å². The van der Waals surface area contributed by atoms with Crippen LogP contribution in [0.25, 0.3) is 23.3 Å². The molecule has 3 aromatic rings. The molecule has 2 aliphatic heterocycles. The van der Waals surface area contributed by atoms with Gasteiger partial charge in [-0.05, 0) is 37.1 Å². The molecule has 0 spiro atoms. The monoisotopic (exact) mass is 604 g/mol. The van der Waals surface area contributed by atoms with Gasteiger partial charge < -0.3 is 28.4 Å². The van der Waals surface area contributed by atoms with E-state index >= 15 is 0 Å². The first-order valence-corrected chi connectivity index (χ1v) is 15.8. The minimum atomic E-state index is 0.396. The molecule has 0 N–H and O–H groups in total. The van der Waals surface area contributed by atoms with E-state index < -0.39 is 0 Å². The van der Waals surface area contributed by atoms with Gasteiger partial charge in [-0.3, -0.25) is 0 Å². The lowest BCUT2D eigenvalue weighted by Crippen LogP contribution is -2.14. The number of nitrogens with zero attached hydrogens (tertiary/aromatic N) is 2. The van der Waals surface area contributed by atoms with E-state index in [-0.39, 0.29) is 0 Å². The number of ether oxygens (including phenoxy) is 6. The second kappa shape index (κ2) is 14.2. The summed E-state index contributed by atoms with van der Waals surface area (Å²) in [5, 5.41) is 24.4. The SMILES string of the molecule is CCCCOc1cc(/C(C#N)=C/c2scc3c2OCCO3)c(OCCCC)cc1/C(C#N)=C/c1scc2c1OCCO2. The maximum Gasteiger partial charge on any atom is 0.179 e. The summed E-state index contributed by atoms with van der Waals surface area (Å²) in [6.45, 7) is 7.02. The maximum atomic E-state index is 10.3. The summed E-state index contributed by atoms with van der Waals surface area (Å²) in [5.41, 5.74) is 1.97. The zero-order chi connectivity index (χ0) is 29.3. The molecule has 218 valence electrons. The fraction of sp³-hybridized carbons (Fsp3) is 0.375. The Hall–Kier alpha value is -4.12. The van der Waals surface area contributed by atoms with Gasteiger partial charge in [-0.15, -0.1) is 22.7 Å². The Kier molecular flexibility index (Phi) is 9.91. The standard InChI is InChI=1S/C32H32N2O6S2/c1-3-5-7-35-25-15-24(22(18-34)14-30-32-28(20-42-30)38-10-12-40-32)26(36-8-6-4-2)16-23(25)21(17-33)13-29-31-27(19-41-29)37-9-11-39-31/h13-16,19-20H,3-12H2,1-2H3/b21-13+,22-14+. The molecule has 5 rings (SSSR count). The number of rotatable bonds is 12. The lowest BCUT2D eigenvalue weighted by atomic mass is 9.97. The number of hydrogen-bond acceptors (Lipinski definition) is 10. The third-order valence-electron chi connectivity index (χ3n) is 6.62. The zero-order valence-electron chi connectivity index (χ0n) is 23.7. The Morgan fingerprint density at radius 3 is 1.57 bits per heavy atom. The molecule has 0 saturated heterocycles. The average molecular weight is 605 g/mol. The zero-order valence-corrected chi connectivity index (χ0v) is 25.3. The number of fused-ring (bicyclic) bond motifs is 2. The van der Waals surface area contributed by atoms with Gasteiger partial charge in [0.1, 0.15) is 37.9 Å². The summed E-state index contributed by atoms with van der Waals surface area (Å²) < 4.78 is 35.6. The number of unbranched alkanes of at least 4 members (excludes halogenated alkanes) is 2. The van der Waals surface area contributed by atoms with E-state index in [0.717, 1.165) is 35.4 Å². The van der Waals surface area contributed by atoms with Gasteiger partial charge >= 0.3 is 0 Å². The van der Waals surface area contributed by atoms with Crippen molar-refractivity contribution < 1.29 is 28.4 Å². The van der Waals surface area contributed by atoms with Crippen molar-refractivity contribution in [2.24, 2.45) is 0 Å². The van der Waals surface area contributed by atoms with E-state index in [0.29, 0.717) is 96.4 Å². The van der Waals surface area contributed by atoms with Crippen LogP contribution < -0.4 is 28.4 Å². The normalized spacial score (nSPS) is 14.2. The van der Waals surface area contributed by atoms with Gasteiger partial charge in [0.2, 0.25) is 0 Å². The minimum Gasteiger partial charge on any atom is -0.493 e. The Morgan fingerprint density at radius 1 is 0.738 bits per heavy atom. The highest BCUT2D eigenvalue weighted by atomic mass is 32.1. The summed E-state index contributed by atoms with van der Waals surface area (Å²) in [6, 6.07) is 8.32. The van der Waals surface area contributed by atoms with Crippen LogP contribution in [0.15, 0.2) is 22.9 Å². The summed E-state index contributed by atoms with van der Waals surface area (Å²) in [4.78, 5) is 1.58. The lowest BCUT2D eigenvalue weighted by molar-refractivity contribution is 0.173. The topological polar surface area (TPSA) is 103 Å². The summed E-state index contributed by atoms with van der Waals surface area (Å²) in [5.74, 6) is 3.66. The van der Waals surface area contributed by atoms with Crippen molar-refractivity contribution in [2.45, 2.75) is 39.5 Å². The smallest absolute Gasteiger partial charge is 0.179 e. The van der Waals surface area contributed by atoms with Crippen molar-refractivity contribution in [1.29, 1.82) is 10.5 Å². The van der Waals surface area contributed by atoms with E-state index in [1.165, 1.54) is 22.7 Å². The van der Waals surface area contributed by atoms with Crippen molar-refractivity contribution in [2.75, 3.05) is 39.6 Å².